The summed E-state index contributed by atoms with van der Waals surface area (Å²) in [5, 5.41) is 12.2. The van der Waals surface area contributed by atoms with Crippen molar-refractivity contribution < 1.29 is 19.4 Å². The molecule has 1 fully saturated rings. The molecule has 0 radical (unpaired) electrons. The smallest absolute Gasteiger partial charge is 0.307 e. The van der Waals surface area contributed by atoms with E-state index >= 15 is 0 Å². The molecule has 10 heteroatoms. The molecule has 0 spiro atoms. The highest BCUT2D eigenvalue weighted by Crippen LogP contribution is 2.36. The number of rotatable bonds is 7. The number of fused-ring (bicyclic) bond motifs is 1. The Labute approximate surface area is 189 Å². The second kappa shape index (κ2) is 9.40. The molecule has 0 aliphatic carbocycles. The number of ether oxygens (including phenoxy) is 2. The van der Waals surface area contributed by atoms with Gasteiger partial charge in [-0.15, -0.1) is 0 Å². The summed E-state index contributed by atoms with van der Waals surface area (Å²) < 4.78 is 12.2. The highest BCUT2D eigenvalue weighted by Gasteiger charge is 2.34. The number of nitrogens with zero attached hydrogens (tertiary/aromatic N) is 4. The van der Waals surface area contributed by atoms with Gasteiger partial charge in [-0.3, -0.25) is 4.79 Å². The lowest BCUT2D eigenvalue weighted by Gasteiger charge is -2.28. The summed E-state index contributed by atoms with van der Waals surface area (Å²) in [7, 11) is 1.34. The van der Waals surface area contributed by atoms with Gasteiger partial charge >= 0.3 is 5.97 Å². The van der Waals surface area contributed by atoms with Crippen molar-refractivity contribution in [1.82, 2.24) is 14.5 Å². The largest absolute Gasteiger partial charge is 0.469 e. The van der Waals surface area contributed by atoms with Crippen LogP contribution in [0.2, 0.25) is 10.0 Å². The Morgan fingerprint density at radius 2 is 2.19 bits per heavy atom. The molecule has 0 saturated carbocycles. The number of benzene rings is 1. The summed E-state index contributed by atoms with van der Waals surface area (Å²) in [6.45, 7) is 1.07. The average molecular weight is 465 g/mol. The highest BCUT2D eigenvalue weighted by atomic mass is 35.5. The van der Waals surface area contributed by atoms with Crippen molar-refractivity contribution in [2.75, 3.05) is 31.8 Å². The molecule has 0 bridgehead atoms. The zero-order valence-corrected chi connectivity index (χ0v) is 18.4. The maximum Gasteiger partial charge on any atom is 0.307 e. The fraction of sp³-hybridized carbons (Fsp3) is 0.381. The van der Waals surface area contributed by atoms with Crippen molar-refractivity contribution in [2.45, 2.75) is 25.0 Å². The van der Waals surface area contributed by atoms with Crippen molar-refractivity contribution in [3.8, 4) is 5.69 Å². The third-order valence-corrected chi connectivity index (χ3v) is 6.19. The van der Waals surface area contributed by atoms with Gasteiger partial charge in [-0.25, -0.2) is 9.97 Å². The molecule has 3 heterocycles. The summed E-state index contributed by atoms with van der Waals surface area (Å²) in [6, 6.07) is 5.25. The SMILES string of the molecule is COC(=O)CCOC[C@@H]1[C@@H](O)CCN1c1cc(-n2ccnc2)c2ccc(Cl)c(Cl)c2n1. The number of hydrogen-bond donors (Lipinski definition) is 1. The van der Waals surface area contributed by atoms with Crippen molar-refractivity contribution in [3.63, 3.8) is 0 Å². The third kappa shape index (κ3) is 4.48. The van der Waals surface area contributed by atoms with Crippen molar-refractivity contribution >= 4 is 45.9 Å². The van der Waals surface area contributed by atoms with Gasteiger partial charge in [0, 0.05) is 30.4 Å². The summed E-state index contributed by atoms with van der Waals surface area (Å²) in [4.78, 5) is 22.2. The van der Waals surface area contributed by atoms with E-state index in [-0.39, 0.29) is 31.6 Å². The van der Waals surface area contributed by atoms with Gasteiger partial charge in [0.15, 0.2) is 0 Å². The molecule has 3 aromatic rings. The second-order valence-corrected chi connectivity index (χ2v) is 8.03. The molecule has 1 aliphatic heterocycles. The summed E-state index contributed by atoms with van der Waals surface area (Å²) in [5.74, 6) is 0.315. The predicted molar refractivity (Wildman–Crippen MR) is 118 cm³/mol. The van der Waals surface area contributed by atoms with Gasteiger partial charge in [0.2, 0.25) is 0 Å². The van der Waals surface area contributed by atoms with E-state index in [0.29, 0.717) is 34.3 Å². The minimum Gasteiger partial charge on any atom is -0.469 e. The van der Waals surface area contributed by atoms with E-state index in [0.717, 1.165) is 11.1 Å². The molecule has 1 aromatic carbocycles. The fourth-order valence-corrected chi connectivity index (χ4v) is 4.11. The normalized spacial score (nSPS) is 18.6. The van der Waals surface area contributed by atoms with Crippen LogP contribution < -0.4 is 4.90 Å². The number of imidazole rings is 1. The highest BCUT2D eigenvalue weighted by molar-refractivity contribution is 6.45. The van der Waals surface area contributed by atoms with Crippen LogP contribution in [-0.4, -0.2) is 64.6 Å². The topological polar surface area (TPSA) is 89.7 Å². The van der Waals surface area contributed by atoms with E-state index in [9.17, 15) is 9.90 Å². The molecule has 0 unspecified atom stereocenters. The number of carbonyl (C=O) groups excluding carboxylic acids is 1. The third-order valence-electron chi connectivity index (χ3n) is 5.39. The predicted octanol–water partition coefficient (Wildman–Crippen LogP) is 3.25. The minimum absolute atomic E-state index is 0.159. The van der Waals surface area contributed by atoms with Gasteiger partial charge in [-0.05, 0) is 18.6 Å². The zero-order chi connectivity index (χ0) is 22.0. The van der Waals surface area contributed by atoms with E-state index in [1.54, 1.807) is 18.6 Å². The Kier molecular flexibility index (Phi) is 6.62. The number of aliphatic hydroxyl groups is 1. The van der Waals surface area contributed by atoms with Crippen LogP contribution in [0.4, 0.5) is 5.82 Å². The lowest BCUT2D eigenvalue weighted by atomic mass is 10.1. The number of aromatic nitrogens is 3. The van der Waals surface area contributed by atoms with Crippen molar-refractivity contribution in [2.24, 2.45) is 0 Å². The van der Waals surface area contributed by atoms with Gasteiger partial charge in [0.05, 0.1) is 66.5 Å². The number of aliphatic hydroxyl groups excluding tert-OH is 1. The molecular formula is C21H22Cl2N4O4. The maximum absolute atomic E-state index is 11.3. The van der Waals surface area contributed by atoms with Crippen molar-refractivity contribution in [1.29, 1.82) is 0 Å². The van der Waals surface area contributed by atoms with Crippen LogP contribution in [0.15, 0.2) is 36.9 Å². The van der Waals surface area contributed by atoms with Gasteiger partial charge in [-0.1, -0.05) is 23.2 Å². The zero-order valence-electron chi connectivity index (χ0n) is 16.9. The molecule has 31 heavy (non-hydrogen) atoms. The molecule has 2 aromatic heterocycles. The van der Waals surface area contributed by atoms with Crippen LogP contribution in [0.1, 0.15) is 12.8 Å². The van der Waals surface area contributed by atoms with E-state index < -0.39 is 6.10 Å². The molecule has 2 atom stereocenters. The molecule has 4 rings (SSSR count). The fourth-order valence-electron chi connectivity index (χ4n) is 3.75. The molecule has 0 amide bonds. The summed E-state index contributed by atoms with van der Waals surface area (Å²) in [6.07, 6.45) is 5.39. The van der Waals surface area contributed by atoms with E-state index in [1.165, 1.54) is 7.11 Å². The van der Waals surface area contributed by atoms with Gasteiger partial charge in [-0.2, -0.15) is 0 Å². The second-order valence-electron chi connectivity index (χ2n) is 7.24. The van der Waals surface area contributed by atoms with Crippen LogP contribution in [0.3, 0.4) is 0 Å². The lowest BCUT2D eigenvalue weighted by Crippen LogP contribution is -2.39. The van der Waals surface area contributed by atoms with Gasteiger partial charge in [0.25, 0.3) is 0 Å². The number of hydrogen-bond acceptors (Lipinski definition) is 7. The number of methoxy groups -OCH3 is 1. The Hall–Kier alpha value is -2.39. The quantitative estimate of drug-likeness (QED) is 0.423. The molecule has 8 nitrogen and oxygen atoms in total. The summed E-state index contributed by atoms with van der Waals surface area (Å²) in [5.41, 5.74) is 1.42. The first-order valence-electron chi connectivity index (χ1n) is 9.86. The number of pyridine rings is 1. The molecule has 164 valence electrons. The first-order valence-corrected chi connectivity index (χ1v) is 10.6. The first kappa shape index (κ1) is 21.8. The molecule has 1 saturated heterocycles. The first-order chi connectivity index (χ1) is 15.0. The average Bonchev–Trinajstić information content (AvgIpc) is 3.43. The van der Waals surface area contributed by atoms with Crippen molar-refractivity contribution in [3.05, 3.63) is 47.0 Å². The monoisotopic (exact) mass is 464 g/mol. The molecule has 1 N–H and O–H groups in total. The van der Waals surface area contributed by atoms with E-state index in [2.05, 4.69) is 9.72 Å². The Balaban J connectivity index is 1.67. The lowest BCUT2D eigenvalue weighted by molar-refractivity contribution is -0.141. The Morgan fingerprint density at radius 3 is 2.94 bits per heavy atom. The molecular weight excluding hydrogens is 443 g/mol. The summed E-state index contributed by atoms with van der Waals surface area (Å²) >= 11 is 12.7. The van der Waals surface area contributed by atoms with Crippen LogP contribution >= 0.6 is 23.2 Å². The standard InChI is InChI=1S/C21H22Cl2N4O4/c1-30-19(29)5-9-31-11-16-17(28)4-7-27(16)18-10-15(26-8-6-24-12-26)13-2-3-14(22)20(23)21(13)25-18/h2-3,6,8,10,12,16-17,28H,4-5,7,9,11H2,1H3/t16-,17+/m1/s1. The van der Waals surface area contributed by atoms with Crippen LogP contribution in [0.25, 0.3) is 16.6 Å². The Bertz CT molecular complexity index is 1080. The van der Waals surface area contributed by atoms with E-state index in [1.807, 2.05) is 27.8 Å². The molecule has 1 aliphatic rings. The number of halogens is 2. The number of anilines is 1. The number of carbonyl (C=O) groups is 1. The Morgan fingerprint density at radius 1 is 1.35 bits per heavy atom. The van der Waals surface area contributed by atoms with Gasteiger partial charge in [0.1, 0.15) is 5.82 Å². The van der Waals surface area contributed by atoms with Crippen LogP contribution in [-0.2, 0) is 14.3 Å². The van der Waals surface area contributed by atoms with E-state index in [4.69, 9.17) is 32.9 Å². The number of esters is 1. The van der Waals surface area contributed by atoms with Crippen LogP contribution in [0.5, 0.6) is 0 Å². The van der Waals surface area contributed by atoms with Crippen LogP contribution in [0, 0.1) is 0 Å². The maximum atomic E-state index is 11.3. The minimum atomic E-state index is -0.581. The van der Waals surface area contributed by atoms with Gasteiger partial charge < -0.3 is 24.0 Å².